The molecule has 0 saturated heterocycles. The van der Waals surface area contributed by atoms with Crippen LogP contribution in [-0.4, -0.2) is 49.3 Å². The second kappa shape index (κ2) is 10.7. The van der Waals surface area contributed by atoms with E-state index >= 15 is 0 Å². The Labute approximate surface area is 209 Å². The van der Waals surface area contributed by atoms with Gasteiger partial charge in [-0.15, -0.1) is 0 Å². The van der Waals surface area contributed by atoms with Gasteiger partial charge in [0.2, 0.25) is 0 Å². The average molecular weight is 490 g/mol. The monoisotopic (exact) mass is 489 g/mol. The minimum absolute atomic E-state index is 0.159. The molecule has 180 valence electrons. The highest BCUT2D eigenvalue weighted by atomic mass is 32.1. The quantitative estimate of drug-likeness (QED) is 0.289. The van der Waals surface area contributed by atoms with Gasteiger partial charge in [-0.1, -0.05) is 42.5 Å². The minimum Gasteiger partial charge on any atom is -0.460 e. The number of fused-ring (bicyclic) bond motifs is 1. The van der Waals surface area contributed by atoms with E-state index in [1.54, 1.807) is 31.2 Å². The van der Waals surface area contributed by atoms with Crippen molar-refractivity contribution in [2.75, 3.05) is 32.7 Å². The molecule has 0 aromatic heterocycles. The van der Waals surface area contributed by atoms with Crippen molar-refractivity contribution in [1.29, 1.82) is 0 Å². The number of nitrogens with one attached hydrogen (secondary N) is 2. The number of rotatable bonds is 7. The van der Waals surface area contributed by atoms with E-state index in [0.717, 1.165) is 22.0 Å². The SMILES string of the molecule is COCCOC(=O)C1=C(C)N(C)C(=S)NC1c1ccc(NC(=O)c2ccc3ccccc3c2)cc1. The lowest BCUT2D eigenvalue weighted by atomic mass is 9.95. The summed E-state index contributed by atoms with van der Waals surface area (Å²) in [5, 5.41) is 8.75. The number of allylic oxidation sites excluding steroid dienone is 1. The summed E-state index contributed by atoms with van der Waals surface area (Å²) in [7, 11) is 3.35. The van der Waals surface area contributed by atoms with Crippen LogP contribution in [0.15, 0.2) is 78.0 Å². The molecule has 1 atom stereocenters. The van der Waals surface area contributed by atoms with Gasteiger partial charge in [0.25, 0.3) is 5.91 Å². The van der Waals surface area contributed by atoms with Gasteiger partial charge in [-0.25, -0.2) is 4.79 Å². The van der Waals surface area contributed by atoms with Crippen LogP contribution in [0.1, 0.15) is 28.9 Å². The van der Waals surface area contributed by atoms with E-state index in [2.05, 4.69) is 10.6 Å². The maximum Gasteiger partial charge on any atom is 0.338 e. The van der Waals surface area contributed by atoms with Gasteiger partial charge in [-0.2, -0.15) is 0 Å². The van der Waals surface area contributed by atoms with Gasteiger partial charge in [0.1, 0.15) is 6.61 Å². The van der Waals surface area contributed by atoms with Gasteiger partial charge >= 0.3 is 5.97 Å². The molecular weight excluding hydrogens is 462 g/mol. The molecule has 8 heteroatoms. The Kier molecular flexibility index (Phi) is 7.43. The topological polar surface area (TPSA) is 79.9 Å². The summed E-state index contributed by atoms with van der Waals surface area (Å²) in [6.07, 6.45) is 0. The highest BCUT2D eigenvalue weighted by Crippen LogP contribution is 2.31. The first-order valence-electron chi connectivity index (χ1n) is 11.2. The highest BCUT2D eigenvalue weighted by molar-refractivity contribution is 7.80. The van der Waals surface area contributed by atoms with Crippen LogP contribution >= 0.6 is 12.2 Å². The molecule has 1 amide bonds. The molecule has 1 aliphatic heterocycles. The number of nitrogens with zero attached hydrogens (tertiary/aromatic N) is 1. The Bertz CT molecular complexity index is 1300. The molecule has 3 aromatic rings. The fourth-order valence-corrected chi connectivity index (χ4v) is 4.19. The summed E-state index contributed by atoms with van der Waals surface area (Å²) in [4.78, 5) is 27.4. The maximum absolute atomic E-state index is 12.9. The lowest BCUT2D eigenvalue weighted by molar-refractivity contribution is -0.140. The van der Waals surface area contributed by atoms with Gasteiger partial charge in [0.15, 0.2) is 5.11 Å². The summed E-state index contributed by atoms with van der Waals surface area (Å²) in [5.74, 6) is -0.625. The van der Waals surface area contributed by atoms with E-state index in [0.29, 0.717) is 28.5 Å². The highest BCUT2D eigenvalue weighted by Gasteiger charge is 2.33. The van der Waals surface area contributed by atoms with Crippen molar-refractivity contribution in [2.45, 2.75) is 13.0 Å². The third-order valence-corrected chi connectivity index (χ3v) is 6.40. The van der Waals surface area contributed by atoms with Crippen molar-refractivity contribution >= 4 is 45.7 Å². The number of carbonyl (C=O) groups excluding carboxylic acids is 2. The first-order chi connectivity index (χ1) is 16.9. The van der Waals surface area contributed by atoms with Crippen LogP contribution in [0.4, 0.5) is 5.69 Å². The number of hydrogen-bond donors (Lipinski definition) is 2. The molecule has 0 fully saturated rings. The lowest BCUT2D eigenvalue weighted by Crippen LogP contribution is -2.46. The number of hydrogen-bond acceptors (Lipinski definition) is 5. The molecule has 0 spiro atoms. The van der Waals surface area contributed by atoms with Gasteiger partial charge in [0.05, 0.1) is 18.2 Å². The zero-order valence-electron chi connectivity index (χ0n) is 19.8. The minimum atomic E-state index is -0.473. The molecule has 0 radical (unpaired) electrons. The standard InChI is InChI=1S/C27H27N3O4S/c1-17-23(26(32)34-15-14-33-3)24(29-27(35)30(17)2)19-10-12-22(13-11-19)28-25(31)21-9-8-18-6-4-5-7-20(18)16-21/h4-13,16,24H,14-15H2,1-3H3,(H,28,31)(H,29,35). The van der Waals surface area contributed by atoms with E-state index in [9.17, 15) is 9.59 Å². The molecule has 1 aliphatic rings. The summed E-state index contributed by atoms with van der Waals surface area (Å²) < 4.78 is 10.4. The second-order valence-corrected chi connectivity index (χ2v) is 8.59. The number of esters is 1. The van der Waals surface area contributed by atoms with E-state index < -0.39 is 12.0 Å². The molecule has 0 aliphatic carbocycles. The number of methoxy groups -OCH3 is 1. The van der Waals surface area contributed by atoms with E-state index in [-0.39, 0.29) is 12.5 Å². The largest absolute Gasteiger partial charge is 0.460 e. The van der Waals surface area contributed by atoms with Crippen LogP contribution in [0.3, 0.4) is 0 Å². The third-order valence-electron chi connectivity index (χ3n) is 6.01. The molecule has 1 heterocycles. The summed E-state index contributed by atoms with van der Waals surface area (Å²) in [6.45, 7) is 2.31. The first kappa shape index (κ1) is 24.4. The lowest BCUT2D eigenvalue weighted by Gasteiger charge is -2.35. The van der Waals surface area contributed by atoms with Crippen molar-refractivity contribution in [2.24, 2.45) is 0 Å². The Morgan fingerprint density at radius 3 is 2.46 bits per heavy atom. The summed E-state index contributed by atoms with van der Waals surface area (Å²) >= 11 is 5.45. The van der Waals surface area contributed by atoms with E-state index in [1.165, 1.54) is 0 Å². The Balaban J connectivity index is 1.53. The zero-order chi connectivity index (χ0) is 24.9. The van der Waals surface area contributed by atoms with Crippen LogP contribution in [0.5, 0.6) is 0 Å². The molecule has 0 saturated carbocycles. The van der Waals surface area contributed by atoms with E-state index in [4.69, 9.17) is 21.7 Å². The molecule has 2 N–H and O–H groups in total. The number of anilines is 1. The van der Waals surface area contributed by atoms with Crippen molar-refractivity contribution in [3.8, 4) is 0 Å². The van der Waals surface area contributed by atoms with Crippen LogP contribution in [0, 0.1) is 0 Å². The smallest absolute Gasteiger partial charge is 0.338 e. The molecule has 7 nitrogen and oxygen atoms in total. The fraction of sp³-hybridized carbons (Fsp3) is 0.222. The Hall–Kier alpha value is -3.75. The van der Waals surface area contributed by atoms with Crippen LogP contribution < -0.4 is 10.6 Å². The van der Waals surface area contributed by atoms with Crippen LogP contribution in [-0.2, 0) is 14.3 Å². The molecule has 35 heavy (non-hydrogen) atoms. The number of thiocarbonyl (C=S) groups is 1. The predicted molar refractivity (Wildman–Crippen MR) is 140 cm³/mol. The van der Waals surface area contributed by atoms with Gasteiger partial charge < -0.3 is 25.0 Å². The second-order valence-electron chi connectivity index (χ2n) is 8.21. The number of amides is 1. The molecule has 4 rings (SSSR count). The maximum atomic E-state index is 12.9. The zero-order valence-corrected chi connectivity index (χ0v) is 20.6. The fourth-order valence-electron chi connectivity index (χ4n) is 3.94. The normalized spacial score (nSPS) is 15.7. The van der Waals surface area contributed by atoms with Crippen LogP contribution in [0.2, 0.25) is 0 Å². The van der Waals surface area contributed by atoms with Crippen molar-refractivity contribution < 1.29 is 19.1 Å². The van der Waals surface area contributed by atoms with Crippen LogP contribution in [0.25, 0.3) is 10.8 Å². The van der Waals surface area contributed by atoms with Crippen molar-refractivity contribution in [3.63, 3.8) is 0 Å². The molecule has 0 bridgehead atoms. The Morgan fingerprint density at radius 2 is 1.74 bits per heavy atom. The van der Waals surface area contributed by atoms with Gasteiger partial charge in [0, 0.05) is 31.1 Å². The van der Waals surface area contributed by atoms with E-state index in [1.807, 2.05) is 61.5 Å². The van der Waals surface area contributed by atoms with Gasteiger partial charge in [-0.05, 0) is 59.7 Å². The third kappa shape index (κ3) is 5.34. The number of benzene rings is 3. The molecule has 3 aromatic carbocycles. The number of ether oxygens (including phenoxy) is 2. The first-order valence-corrected chi connectivity index (χ1v) is 11.6. The summed E-state index contributed by atoms with van der Waals surface area (Å²) in [6, 6.07) is 20.4. The number of carbonyl (C=O) groups is 2. The summed E-state index contributed by atoms with van der Waals surface area (Å²) in [5.41, 5.74) is 3.24. The van der Waals surface area contributed by atoms with Crippen molar-refractivity contribution in [1.82, 2.24) is 10.2 Å². The molecule has 1 unspecified atom stereocenters. The average Bonchev–Trinajstić information content (AvgIpc) is 2.87. The van der Waals surface area contributed by atoms with Gasteiger partial charge in [-0.3, -0.25) is 4.79 Å². The molecular formula is C27H27N3O4S. The van der Waals surface area contributed by atoms with Crippen molar-refractivity contribution in [3.05, 3.63) is 89.1 Å². The predicted octanol–water partition coefficient (Wildman–Crippen LogP) is 4.42. The Morgan fingerprint density at radius 1 is 1.03 bits per heavy atom.